The van der Waals surface area contributed by atoms with Gasteiger partial charge in [-0.15, -0.1) is 0 Å². The van der Waals surface area contributed by atoms with Gasteiger partial charge in [-0.25, -0.2) is 0 Å². The van der Waals surface area contributed by atoms with Crippen molar-refractivity contribution >= 4 is 22.8 Å². The number of benzene rings is 1. The van der Waals surface area contributed by atoms with Gasteiger partial charge in [0.1, 0.15) is 23.9 Å². The molecule has 0 atom stereocenters. The second-order valence-corrected chi connectivity index (χ2v) is 5.37. The molecule has 0 bridgehead atoms. The predicted molar refractivity (Wildman–Crippen MR) is 88.5 cm³/mol. The molecule has 2 rings (SSSR count). The zero-order chi connectivity index (χ0) is 17.4. The first-order chi connectivity index (χ1) is 11.6. The van der Waals surface area contributed by atoms with Crippen LogP contribution in [0.2, 0.25) is 0 Å². The van der Waals surface area contributed by atoms with Gasteiger partial charge in [-0.1, -0.05) is 6.07 Å². The second kappa shape index (κ2) is 8.98. The number of furan rings is 1. The van der Waals surface area contributed by atoms with E-state index >= 15 is 0 Å². The van der Waals surface area contributed by atoms with Crippen molar-refractivity contribution in [3.8, 4) is 11.5 Å². The molecule has 7 heteroatoms. The lowest BCUT2D eigenvalue weighted by atomic mass is 10.3. The van der Waals surface area contributed by atoms with Crippen molar-refractivity contribution in [2.75, 3.05) is 13.7 Å². The van der Waals surface area contributed by atoms with Gasteiger partial charge in [0.2, 0.25) is 5.24 Å². The van der Waals surface area contributed by atoms with Gasteiger partial charge < -0.3 is 19.2 Å². The minimum Gasteiger partial charge on any atom is -0.497 e. The largest absolute Gasteiger partial charge is 0.497 e. The van der Waals surface area contributed by atoms with E-state index < -0.39 is 5.24 Å². The quantitative estimate of drug-likeness (QED) is 0.554. The van der Waals surface area contributed by atoms with Crippen molar-refractivity contribution in [1.82, 2.24) is 5.32 Å². The van der Waals surface area contributed by atoms with E-state index in [0.29, 0.717) is 30.2 Å². The highest BCUT2D eigenvalue weighted by atomic mass is 35.5. The van der Waals surface area contributed by atoms with Crippen LogP contribution in [0.4, 0.5) is 0 Å². The molecular formula is C17H18ClNO5. The topological polar surface area (TPSA) is 77.8 Å². The summed E-state index contributed by atoms with van der Waals surface area (Å²) in [6.45, 7) is 0.550. The van der Waals surface area contributed by atoms with Gasteiger partial charge in [0.15, 0.2) is 5.76 Å². The maximum Gasteiger partial charge on any atom is 0.286 e. The zero-order valence-electron chi connectivity index (χ0n) is 13.2. The van der Waals surface area contributed by atoms with Gasteiger partial charge >= 0.3 is 0 Å². The fourth-order valence-electron chi connectivity index (χ4n) is 1.94. The van der Waals surface area contributed by atoms with E-state index in [-0.39, 0.29) is 24.7 Å². The summed E-state index contributed by atoms with van der Waals surface area (Å²) in [5.41, 5.74) is 0. The fourth-order valence-corrected chi connectivity index (χ4v) is 2.07. The first-order valence-electron chi connectivity index (χ1n) is 7.40. The zero-order valence-corrected chi connectivity index (χ0v) is 14.0. The van der Waals surface area contributed by atoms with Gasteiger partial charge in [0, 0.05) is 19.0 Å². The second-order valence-electron chi connectivity index (χ2n) is 4.95. The third-order valence-electron chi connectivity index (χ3n) is 3.14. The minimum absolute atomic E-state index is 0.191. The van der Waals surface area contributed by atoms with Crippen LogP contribution in [-0.2, 0) is 11.4 Å². The molecule has 2 aromatic rings. The van der Waals surface area contributed by atoms with Crippen LogP contribution in [0.5, 0.6) is 11.5 Å². The van der Waals surface area contributed by atoms with Gasteiger partial charge in [-0.2, -0.15) is 0 Å². The summed E-state index contributed by atoms with van der Waals surface area (Å²) in [5, 5.41) is 2.24. The molecular weight excluding hydrogens is 334 g/mol. The molecule has 0 fully saturated rings. The van der Waals surface area contributed by atoms with Gasteiger partial charge in [0.25, 0.3) is 5.91 Å². The minimum atomic E-state index is -0.417. The van der Waals surface area contributed by atoms with Crippen molar-refractivity contribution in [2.45, 2.75) is 19.4 Å². The van der Waals surface area contributed by atoms with E-state index in [9.17, 15) is 9.59 Å². The Balaban J connectivity index is 1.81. The number of carbonyl (C=O) groups is 2. The van der Waals surface area contributed by atoms with Crippen LogP contribution in [0.15, 0.2) is 40.8 Å². The summed E-state index contributed by atoms with van der Waals surface area (Å²) in [5.74, 6) is 1.71. The van der Waals surface area contributed by atoms with Crippen molar-refractivity contribution < 1.29 is 23.5 Å². The molecule has 0 saturated heterocycles. The summed E-state index contributed by atoms with van der Waals surface area (Å²) >= 11 is 5.23. The lowest BCUT2D eigenvalue weighted by Crippen LogP contribution is -2.24. The maximum absolute atomic E-state index is 11.9. The Morgan fingerprint density at radius 1 is 1.21 bits per heavy atom. The van der Waals surface area contributed by atoms with Crippen molar-refractivity contribution in [3.05, 3.63) is 47.9 Å². The highest BCUT2D eigenvalue weighted by Crippen LogP contribution is 2.20. The molecule has 1 N–H and O–H groups in total. The molecule has 0 spiro atoms. The molecule has 128 valence electrons. The Bertz CT molecular complexity index is 698. The Morgan fingerprint density at radius 2 is 2.00 bits per heavy atom. The van der Waals surface area contributed by atoms with E-state index in [4.69, 9.17) is 25.5 Å². The van der Waals surface area contributed by atoms with E-state index in [2.05, 4.69) is 5.32 Å². The van der Waals surface area contributed by atoms with Crippen LogP contribution in [0.1, 0.15) is 29.2 Å². The first kappa shape index (κ1) is 17.9. The molecule has 1 amide bonds. The monoisotopic (exact) mass is 351 g/mol. The summed E-state index contributed by atoms with van der Waals surface area (Å²) < 4.78 is 16.2. The average Bonchev–Trinajstić information content (AvgIpc) is 3.06. The van der Waals surface area contributed by atoms with Gasteiger partial charge in [-0.05, 0) is 42.3 Å². The predicted octanol–water partition coefficient (Wildman–Crippen LogP) is 3.14. The molecule has 1 aromatic carbocycles. The fraction of sp³-hybridized carbons (Fsp3) is 0.294. The highest BCUT2D eigenvalue weighted by Gasteiger charge is 2.11. The Hall–Kier alpha value is -2.47. The number of ether oxygens (including phenoxy) is 2. The number of halogens is 1. The van der Waals surface area contributed by atoms with Crippen molar-refractivity contribution in [1.29, 1.82) is 0 Å². The van der Waals surface area contributed by atoms with E-state index in [1.54, 1.807) is 31.4 Å². The number of hydrogen-bond donors (Lipinski definition) is 1. The third-order valence-corrected chi connectivity index (χ3v) is 3.33. The maximum atomic E-state index is 11.9. The smallest absolute Gasteiger partial charge is 0.286 e. The molecule has 0 aliphatic heterocycles. The lowest BCUT2D eigenvalue weighted by molar-refractivity contribution is -0.111. The Kier molecular flexibility index (Phi) is 6.69. The number of nitrogens with one attached hydrogen (secondary N) is 1. The van der Waals surface area contributed by atoms with Crippen LogP contribution < -0.4 is 14.8 Å². The normalized spacial score (nSPS) is 10.2. The Labute approximate surface area is 144 Å². The molecule has 0 aliphatic carbocycles. The van der Waals surface area contributed by atoms with Crippen molar-refractivity contribution in [3.63, 3.8) is 0 Å². The molecule has 6 nitrogen and oxygen atoms in total. The van der Waals surface area contributed by atoms with Crippen LogP contribution >= 0.6 is 11.6 Å². The number of hydrogen-bond acceptors (Lipinski definition) is 5. The molecule has 0 aliphatic rings. The molecule has 0 saturated carbocycles. The van der Waals surface area contributed by atoms with Crippen LogP contribution in [-0.4, -0.2) is 24.8 Å². The van der Waals surface area contributed by atoms with Crippen LogP contribution in [0.3, 0.4) is 0 Å². The van der Waals surface area contributed by atoms with Crippen LogP contribution in [0, 0.1) is 0 Å². The molecule has 0 radical (unpaired) electrons. The van der Waals surface area contributed by atoms with Gasteiger partial charge in [0.05, 0.1) is 7.11 Å². The van der Waals surface area contributed by atoms with E-state index in [0.717, 1.165) is 0 Å². The number of methoxy groups -OCH3 is 1. The first-order valence-corrected chi connectivity index (χ1v) is 7.78. The average molecular weight is 352 g/mol. The lowest BCUT2D eigenvalue weighted by Gasteiger charge is -2.06. The highest BCUT2D eigenvalue weighted by molar-refractivity contribution is 6.63. The van der Waals surface area contributed by atoms with Gasteiger partial charge in [-0.3, -0.25) is 9.59 Å². The summed E-state index contributed by atoms with van der Waals surface area (Å²) in [4.78, 5) is 22.5. The molecule has 0 unspecified atom stereocenters. The number of amides is 1. The summed E-state index contributed by atoms with van der Waals surface area (Å²) in [7, 11) is 1.58. The molecule has 1 aromatic heterocycles. The summed E-state index contributed by atoms with van der Waals surface area (Å²) in [6.07, 6.45) is 0.709. The van der Waals surface area contributed by atoms with E-state index in [1.165, 1.54) is 0 Å². The van der Waals surface area contributed by atoms with E-state index in [1.807, 2.05) is 12.1 Å². The SMILES string of the molecule is COc1cccc(OCc2ccc(C(=O)NCCCC(=O)Cl)o2)c1. The Morgan fingerprint density at radius 3 is 2.75 bits per heavy atom. The molecule has 24 heavy (non-hydrogen) atoms. The number of rotatable bonds is 9. The number of carbonyl (C=O) groups excluding carboxylic acids is 2. The standard InChI is InChI=1S/C17H18ClNO5/c1-22-12-4-2-5-13(10-12)23-11-14-7-8-15(24-14)17(21)19-9-3-6-16(18)20/h2,4-5,7-8,10H,3,6,9,11H2,1H3,(H,19,21). The summed E-state index contributed by atoms with van der Waals surface area (Å²) in [6, 6.07) is 10.5. The van der Waals surface area contributed by atoms with Crippen LogP contribution in [0.25, 0.3) is 0 Å². The third kappa shape index (κ3) is 5.62. The van der Waals surface area contributed by atoms with Crippen molar-refractivity contribution in [2.24, 2.45) is 0 Å². The molecule has 1 heterocycles.